The highest BCUT2D eigenvalue weighted by atomic mass is 35.5. The van der Waals surface area contributed by atoms with Crippen molar-refractivity contribution >= 4 is 34.5 Å². The molecule has 0 aliphatic rings. The molecule has 3 rings (SSSR count). The third-order valence-corrected chi connectivity index (χ3v) is 4.26. The number of nitrogens with zero attached hydrogens (tertiary/aromatic N) is 3. The van der Waals surface area contributed by atoms with Crippen LogP contribution in [0.3, 0.4) is 0 Å². The Morgan fingerprint density at radius 3 is 2.65 bits per heavy atom. The molecule has 0 atom stereocenters. The average Bonchev–Trinajstić information content (AvgIpc) is 2.99. The molecule has 4 nitrogen and oxygen atoms in total. The molecule has 0 spiro atoms. The van der Waals surface area contributed by atoms with E-state index in [-0.39, 0.29) is 5.88 Å². The second-order valence-electron chi connectivity index (χ2n) is 4.20. The molecule has 2 aromatic heterocycles. The smallest absolute Gasteiger partial charge is 0.216 e. The van der Waals surface area contributed by atoms with Crippen LogP contribution >= 0.6 is 34.5 Å². The molecule has 0 unspecified atom stereocenters. The van der Waals surface area contributed by atoms with Crippen molar-refractivity contribution in [3.8, 4) is 22.3 Å². The molecular weight excluding hydrogens is 317 g/mol. The quantitative estimate of drug-likeness (QED) is 0.763. The van der Waals surface area contributed by atoms with E-state index in [0.29, 0.717) is 15.2 Å². The molecule has 1 aromatic carbocycles. The van der Waals surface area contributed by atoms with Crippen molar-refractivity contribution < 1.29 is 5.11 Å². The molecule has 0 saturated heterocycles. The van der Waals surface area contributed by atoms with E-state index < -0.39 is 0 Å². The van der Waals surface area contributed by atoms with Gasteiger partial charge in [0.1, 0.15) is 0 Å². The summed E-state index contributed by atoms with van der Waals surface area (Å²) in [7, 11) is 0. The molecule has 0 aliphatic heterocycles. The van der Waals surface area contributed by atoms with Gasteiger partial charge in [0, 0.05) is 17.0 Å². The van der Waals surface area contributed by atoms with Gasteiger partial charge < -0.3 is 5.11 Å². The number of hydrogen-bond donors (Lipinski definition) is 1. The summed E-state index contributed by atoms with van der Waals surface area (Å²) in [5.74, 6) is 0.0672. The summed E-state index contributed by atoms with van der Waals surface area (Å²) in [5, 5.41) is 17.4. The molecule has 0 radical (unpaired) electrons. The van der Waals surface area contributed by atoms with E-state index >= 15 is 0 Å². The van der Waals surface area contributed by atoms with Crippen LogP contribution in [0.25, 0.3) is 16.4 Å². The van der Waals surface area contributed by atoms with Crippen molar-refractivity contribution in [3.05, 3.63) is 45.4 Å². The number of aromatic nitrogens is 3. The zero-order valence-corrected chi connectivity index (χ0v) is 12.7. The van der Waals surface area contributed by atoms with E-state index in [2.05, 4.69) is 10.1 Å². The predicted molar refractivity (Wildman–Crippen MR) is 81.1 cm³/mol. The highest BCUT2D eigenvalue weighted by Crippen LogP contribution is 2.30. The fraction of sp³-hybridized carbons (Fsp3) is 0.0769. The van der Waals surface area contributed by atoms with Gasteiger partial charge in [0.05, 0.1) is 21.4 Å². The number of thiazole rings is 1. The number of aromatic hydroxyl groups is 1. The first-order valence-electron chi connectivity index (χ1n) is 5.71. The Labute approximate surface area is 129 Å². The molecule has 1 N–H and O–H groups in total. The topological polar surface area (TPSA) is 50.9 Å². The highest BCUT2D eigenvalue weighted by molar-refractivity contribution is 7.12. The summed E-state index contributed by atoms with van der Waals surface area (Å²) in [6, 6.07) is 6.92. The zero-order valence-electron chi connectivity index (χ0n) is 10.3. The largest absolute Gasteiger partial charge is 0.493 e. The van der Waals surface area contributed by atoms with E-state index in [1.807, 2.05) is 18.4 Å². The van der Waals surface area contributed by atoms with Gasteiger partial charge in [-0.05, 0) is 19.1 Å². The Morgan fingerprint density at radius 2 is 2.00 bits per heavy atom. The van der Waals surface area contributed by atoms with Crippen LogP contribution < -0.4 is 0 Å². The number of hydrogen-bond acceptors (Lipinski definition) is 4. The van der Waals surface area contributed by atoms with Crippen LogP contribution in [0.1, 0.15) is 5.69 Å². The molecular formula is C13H9Cl2N3OS. The lowest BCUT2D eigenvalue weighted by atomic mass is 10.2. The molecule has 0 fully saturated rings. The molecule has 102 valence electrons. The average molecular weight is 326 g/mol. The fourth-order valence-electron chi connectivity index (χ4n) is 1.78. The first-order chi connectivity index (χ1) is 9.54. The summed E-state index contributed by atoms with van der Waals surface area (Å²) >= 11 is 13.3. The number of benzene rings is 1. The lowest BCUT2D eigenvalue weighted by molar-refractivity contribution is 0.433. The van der Waals surface area contributed by atoms with Crippen LogP contribution in [0.5, 0.6) is 5.88 Å². The Balaban J connectivity index is 2.01. The third kappa shape index (κ3) is 2.40. The molecule has 0 amide bonds. The number of rotatable bonds is 2. The van der Waals surface area contributed by atoms with Gasteiger partial charge in [-0.25, -0.2) is 4.98 Å². The molecule has 0 saturated carbocycles. The molecule has 0 bridgehead atoms. The molecule has 7 heteroatoms. The Kier molecular flexibility index (Phi) is 3.41. The van der Waals surface area contributed by atoms with Gasteiger partial charge in [0.15, 0.2) is 0 Å². The summed E-state index contributed by atoms with van der Waals surface area (Å²) in [4.78, 5) is 4.45. The zero-order chi connectivity index (χ0) is 14.3. The van der Waals surface area contributed by atoms with Crippen molar-refractivity contribution in [2.75, 3.05) is 0 Å². The van der Waals surface area contributed by atoms with E-state index in [1.165, 1.54) is 16.0 Å². The summed E-state index contributed by atoms with van der Waals surface area (Å²) in [6.45, 7) is 1.81. The first kappa shape index (κ1) is 13.4. The standard InChI is InChI=1S/C13H9Cl2N3OS/c1-7-4-12(19)18(17-7)13-16-11(6-20-13)8-2-3-9(14)10(15)5-8/h2-6,19H,1H3. The van der Waals surface area contributed by atoms with E-state index in [4.69, 9.17) is 23.2 Å². The van der Waals surface area contributed by atoms with E-state index in [1.54, 1.807) is 18.2 Å². The van der Waals surface area contributed by atoms with Crippen LogP contribution in [-0.2, 0) is 0 Å². The minimum atomic E-state index is 0.0672. The maximum atomic E-state index is 9.77. The van der Waals surface area contributed by atoms with Gasteiger partial charge >= 0.3 is 0 Å². The molecule has 2 heterocycles. The first-order valence-corrected chi connectivity index (χ1v) is 7.35. The number of halogens is 2. The van der Waals surface area contributed by atoms with Crippen molar-refractivity contribution in [1.29, 1.82) is 0 Å². The molecule has 0 aliphatic carbocycles. The van der Waals surface area contributed by atoms with Crippen LogP contribution in [-0.4, -0.2) is 19.9 Å². The summed E-state index contributed by atoms with van der Waals surface area (Å²) < 4.78 is 1.40. The van der Waals surface area contributed by atoms with E-state index in [0.717, 1.165) is 17.0 Å². The second kappa shape index (κ2) is 5.09. The predicted octanol–water partition coefficient (Wildman–Crippen LogP) is 4.32. The maximum Gasteiger partial charge on any atom is 0.216 e. The minimum absolute atomic E-state index is 0.0672. The van der Waals surface area contributed by atoms with E-state index in [9.17, 15) is 5.11 Å². The highest BCUT2D eigenvalue weighted by Gasteiger charge is 2.12. The normalized spacial score (nSPS) is 10.9. The van der Waals surface area contributed by atoms with Gasteiger partial charge in [-0.1, -0.05) is 29.3 Å². The Hall–Kier alpha value is -1.56. The molecule has 20 heavy (non-hydrogen) atoms. The van der Waals surface area contributed by atoms with Gasteiger partial charge in [0.2, 0.25) is 11.0 Å². The fourth-order valence-corrected chi connectivity index (χ4v) is 2.87. The van der Waals surface area contributed by atoms with Crippen LogP contribution in [0.15, 0.2) is 29.6 Å². The summed E-state index contributed by atoms with van der Waals surface area (Å²) in [6.07, 6.45) is 0. The minimum Gasteiger partial charge on any atom is -0.493 e. The van der Waals surface area contributed by atoms with Crippen LogP contribution in [0.2, 0.25) is 10.0 Å². The Morgan fingerprint density at radius 1 is 1.20 bits per heavy atom. The van der Waals surface area contributed by atoms with Crippen LogP contribution in [0.4, 0.5) is 0 Å². The SMILES string of the molecule is Cc1cc(O)n(-c2nc(-c3ccc(Cl)c(Cl)c3)cs2)n1. The monoisotopic (exact) mass is 325 g/mol. The van der Waals surface area contributed by atoms with Crippen LogP contribution in [0, 0.1) is 6.92 Å². The van der Waals surface area contributed by atoms with Gasteiger partial charge in [-0.15, -0.1) is 11.3 Å². The second-order valence-corrected chi connectivity index (χ2v) is 5.85. The molecule has 3 aromatic rings. The number of aryl methyl sites for hydroxylation is 1. The van der Waals surface area contributed by atoms with Gasteiger partial charge in [0.25, 0.3) is 0 Å². The van der Waals surface area contributed by atoms with Gasteiger partial charge in [-0.3, -0.25) is 0 Å². The van der Waals surface area contributed by atoms with Crippen molar-refractivity contribution in [1.82, 2.24) is 14.8 Å². The van der Waals surface area contributed by atoms with Gasteiger partial charge in [-0.2, -0.15) is 9.78 Å². The van der Waals surface area contributed by atoms with Crippen molar-refractivity contribution in [3.63, 3.8) is 0 Å². The summed E-state index contributed by atoms with van der Waals surface area (Å²) in [5.41, 5.74) is 2.36. The lowest BCUT2D eigenvalue weighted by Gasteiger charge is -2.00. The third-order valence-electron chi connectivity index (χ3n) is 2.70. The Bertz CT molecular complexity index is 782. The van der Waals surface area contributed by atoms with Crippen molar-refractivity contribution in [2.24, 2.45) is 0 Å². The maximum absolute atomic E-state index is 9.77. The van der Waals surface area contributed by atoms with Crippen molar-refractivity contribution in [2.45, 2.75) is 6.92 Å². The lowest BCUT2D eigenvalue weighted by Crippen LogP contribution is -1.95.